The topological polar surface area (TPSA) is 37.0 Å². The van der Waals surface area contributed by atoms with Crippen molar-refractivity contribution in [1.82, 2.24) is 10.4 Å². The Morgan fingerprint density at radius 1 is 1.13 bits per heavy atom. The first-order valence-corrected chi connectivity index (χ1v) is 5.02. The van der Waals surface area contributed by atoms with Crippen molar-refractivity contribution in [3.63, 3.8) is 0 Å². The lowest BCUT2D eigenvalue weighted by atomic mass is 10.1. The van der Waals surface area contributed by atoms with Crippen LogP contribution >= 0.6 is 0 Å². The summed E-state index contributed by atoms with van der Waals surface area (Å²) in [6.07, 6.45) is 0. The molecule has 0 atom stereocenters. The molecule has 1 aromatic carbocycles. The fourth-order valence-electron chi connectivity index (χ4n) is 1.75. The molecule has 0 aliphatic rings. The lowest BCUT2D eigenvalue weighted by Gasteiger charge is -2.09. The van der Waals surface area contributed by atoms with Crippen LogP contribution in [0.25, 0.3) is 10.9 Å². The number of benzene rings is 1. The van der Waals surface area contributed by atoms with Crippen LogP contribution in [0, 0.1) is 13.8 Å². The van der Waals surface area contributed by atoms with E-state index < -0.39 is 0 Å². The average Bonchev–Trinajstić information content (AvgIpc) is 2.20. The van der Waals surface area contributed by atoms with Gasteiger partial charge >= 0.3 is 0 Å². The Labute approximate surface area is 89.5 Å². The first-order chi connectivity index (χ1) is 7.22. The monoisotopic (exact) mass is 201 g/mol. The van der Waals surface area contributed by atoms with Crippen LogP contribution in [0.5, 0.6) is 0 Å². The normalized spacial score (nSPS) is 10.6. The largest absolute Gasteiger partial charge is 0.306 e. The van der Waals surface area contributed by atoms with Crippen LogP contribution in [-0.2, 0) is 0 Å². The van der Waals surface area contributed by atoms with Crippen LogP contribution in [0.3, 0.4) is 0 Å². The van der Waals surface area contributed by atoms with Gasteiger partial charge in [0.1, 0.15) is 5.82 Å². The maximum Gasteiger partial charge on any atom is 0.141 e. The molecule has 0 bridgehead atoms. The molecule has 0 radical (unpaired) electrons. The first-order valence-electron chi connectivity index (χ1n) is 5.02. The number of hydrazine groups is 1. The van der Waals surface area contributed by atoms with Gasteiger partial charge in [-0.25, -0.2) is 10.4 Å². The highest BCUT2D eigenvalue weighted by Gasteiger charge is 2.03. The standard InChI is InChI=1S/C12H15N3/c1-8-5-4-6-10-9(2)7-11(15-13-3)14-12(8)10/h4-7,13H,1-3H3,(H,14,15). The number of anilines is 1. The van der Waals surface area contributed by atoms with Crippen molar-refractivity contribution in [2.45, 2.75) is 13.8 Å². The van der Waals surface area contributed by atoms with Crippen LogP contribution in [0.4, 0.5) is 5.82 Å². The van der Waals surface area contributed by atoms with E-state index in [0.29, 0.717) is 0 Å². The SMILES string of the molecule is CNNc1cc(C)c2cccc(C)c2n1. The first kappa shape index (κ1) is 9.93. The zero-order chi connectivity index (χ0) is 10.8. The summed E-state index contributed by atoms with van der Waals surface area (Å²) in [6.45, 7) is 4.18. The number of nitrogens with zero attached hydrogens (tertiary/aromatic N) is 1. The number of pyridine rings is 1. The summed E-state index contributed by atoms with van der Waals surface area (Å²) in [4.78, 5) is 4.55. The molecule has 1 aromatic heterocycles. The number of nitrogens with one attached hydrogen (secondary N) is 2. The Balaban J connectivity index is 2.68. The molecule has 2 aromatic rings. The Morgan fingerprint density at radius 2 is 1.93 bits per heavy atom. The van der Waals surface area contributed by atoms with Gasteiger partial charge in [-0.05, 0) is 31.0 Å². The lowest BCUT2D eigenvalue weighted by molar-refractivity contribution is 0.968. The summed E-state index contributed by atoms with van der Waals surface area (Å²) in [5.74, 6) is 0.858. The van der Waals surface area contributed by atoms with Crippen molar-refractivity contribution in [2.24, 2.45) is 0 Å². The minimum absolute atomic E-state index is 0.858. The third-order valence-corrected chi connectivity index (χ3v) is 2.50. The zero-order valence-electron chi connectivity index (χ0n) is 9.26. The van der Waals surface area contributed by atoms with Gasteiger partial charge in [0.25, 0.3) is 0 Å². The van der Waals surface area contributed by atoms with E-state index in [2.05, 4.69) is 47.9 Å². The van der Waals surface area contributed by atoms with E-state index in [-0.39, 0.29) is 0 Å². The van der Waals surface area contributed by atoms with Crippen molar-refractivity contribution in [3.05, 3.63) is 35.4 Å². The van der Waals surface area contributed by atoms with E-state index in [1.54, 1.807) is 0 Å². The molecule has 3 heteroatoms. The third-order valence-electron chi connectivity index (χ3n) is 2.50. The number of aryl methyl sites for hydroxylation is 2. The van der Waals surface area contributed by atoms with Gasteiger partial charge in [0.05, 0.1) is 5.52 Å². The van der Waals surface area contributed by atoms with Crippen LogP contribution in [-0.4, -0.2) is 12.0 Å². The molecular formula is C12H15N3. The fourth-order valence-corrected chi connectivity index (χ4v) is 1.75. The third kappa shape index (κ3) is 1.78. The molecule has 1 heterocycles. The Hall–Kier alpha value is -1.61. The summed E-state index contributed by atoms with van der Waals surface area (Å²) in [5, 5.41) is 1.22. The molecule has 0 unspecified atom stereocenters. The van der Waals surface area contributed by atoms with Crippen LogP contribution in [0.15, 0.2) is 24.3 Å². The number of para-hydroxylation sites is 1. The van der Waals surface area contributed by atoms with Gasteiger partial charge < -0.3 is 5.43 Å². The van der Waals surface area contributed by atoms with Gasteiger partial charge in [0.15, 0.2) is 0 Å². The highest BCUT2D eigenvalue weighted by Crippen LogP contribution is 2.22. The second-order valence-corrected chi connectivity index (χ2v) is 3.67. The molecule has 15 heavy (non-hydrogen) atoms. The van der Waals surface area contributed by atoms with Crippen molar-refractivity contribution >= 4 is 16.7 Å². The van der Waals surface area contributed by atoms with E-state index >= 15 is 0 Å². The van der Waals surface area contributed by atoms with Gasteiger partial charge in [-0.1, -0.05) is 18.2 Å². The van der Waals surface area contributed by atoms with E-state index in [1.807, 2.05) is 13.1 Å². The Bertz CT molecular complexity index is 491. The summed E-state index contributed by atoms with van der Waals surface area (Å²) in [7, 11) is 1.83. The number of fused-ring (bicyclic) bond motifs is 1. The number of hydrogen-bond acceptors (Lipinski definition) is 3. The van der Waals surface area contributed by atoms with Gasteiger partial charge in [0, 0.05) is 12.4 Å². The van der Waals surface area contributed by atoms with E-state index in [1.165, 1.54) is 16.5 Å². The molecule has 78 valence electrons. The number of hydrogen-bond donors (Lipinski definition) is 2. The molecule has 0 aliphatic heterocycles. The molecule has 2 rings (SSSR count). The molecule has 0 aliphatic carbocycles. The fraction of sp³-hybridized carbons (Fsp3) is 0.250. The highest BCUT2D eigenvalue weighted by atomic mass is 15.4. The summed E-state index contributed by atoms with van der Waals surface area (Å²) < 4.78 is 0. The van der Waals surface area contributed by atoms with E-state index in [4.69, 9.17) is 0 Å². The molecule has 0 spiro atoms. The molecule has 0 saturated carbocycles. The van der Waals surface area contributed by atoms with Gasteiger partial charge in [-0.3, -0.25) is 0 Å². The zero-order valence-corrected chi connectivity index (χ0v) is 9.26. The van der Waals surface area contributed by atoms with Crippen molar-refractivity contribution < 1.29 is 0 Å². The summed E-state index contributed by atoms with van der Waals surface area (Å²) >= 11 is 0. The number of rotatable bonds is 2. The second kappa shape index (κ2) is 3.87. The van der Waals surface area contributed by atoms with Crippen molar-refractivity contribution in [1.29, 1.82) is 0 Å². The minimum atomic E-state index is 0.858. The van der Waals surface area contributed by atoms with Crippen molar-refractivity contribution in [3.8, 4) is 0 Å². The lowest BCUT2D eigenvalue weighted by Crippen LogP contribution is -2.16. The van der Waals surface area contributed by atoms with E-state index in [0.717, 1.165) is 11.3 Å². The smallest absolute Gasteiger partial charge is 0.141 e. The van der Waals surface area contributed by atoms with Gasteiger partial charge in [-0.15, -0.1) is 0 Å². The van der Waals surface area contributed by atoms with Gasteiger partial charge in [-0.2, -0.15) is 0 Å². The van der Waals surface area contributed by atoms with Crippen LogP contribution in [0.1, 0.15) is 11.1 Å². The molecule has 3 nitrogen and oxygen atoms in total. The van der Waals surface area contributed by atoms with Crippen LogP contribution < -0.4 is 10.9 Å². The molecule has 2 N–H and O–H groups in total. The second-order valence-electron chi connectivity index (χ2n) is 3.67. The predicted molar refractivity (Wildman–Crippen MR) is 63.9 cm³/mol. The van der Waals surface area contributed by atoms with Crippen molar-refractivity contribution in [2.75, 3.05) is 12.5 Å². The van der Waals surface area contributed by atoms with Crippen LogP contribution in [0.2, 0.25) is 0 Å². The van der Waals surface area contributed by atoms with E-state index in [9.17, 15) is 0 Å². The number of aromatic nitrogens is 1. The minimum Gasteiger partial charge on any atom is -0.306 e. The molecule has 0 saturated heterocycles. The highest BCUT2D eigenvalue weighted by molar-refractivity contribution is 5.86. The van der Waals surface area contributed by atoms with Gasteiger partial charge in [0.2, 0.25) is 0 Å². The maximum absolute atomic E-state index is 4.55. The molecule has 0 amide bonds. The average molecular weight is 201 g/mol. The molecule has 0 fully saturated rings. The summed E-state index contributed by atoms with van der Waals surface area (Å²) in [5.41, 5.74) is 9.40. The Morgan fingerprint density at radius 3 is 2.67 bits per heavy atom. The quantitative estimate of drug-likeness (QED) is 0.732. The Kier molecular flexibility index (Phi) is 2.56. The maximum atomic E-state index is 4.55. The summed E-state index contributed by atoms with van der Waals surface area (Å²) in [6, 6.07) is 8.29. The predicted octanol–water partition coefficient (Wildman–Crippen LogP) is 2.40. The molecular weight excluding hydrogens is 186 g/mol.